The Labute approximate surface area is 269 Å². The summed E-state index contributed by atoms with van der Waals surface area (Å²) >= 11 is 0. The number of furan rings is 1. The van der Waals surface area contributed by atoms with E-state index in [1.807, 2.05) is 0 Å². The minimum atomic E-state index is 0.897. The molecule has 0 atom stereocenters. The lowest BCUT2D eigenvalue weighted by Crippen LogP contribution is -1.99. The molecule has 0 aliphatic carbocycles. The van der Waals surface area contributed by atoms with Gasteiger partial charge in [-0.05, 0) is 76.1 Å². The van der Waals surface area contributed by atoms with E-state index in [1.54, 1.807) is 0 Å². The summed E-state index contributed by atoms with van der Waals surface area (Å²) in [5.74, 6) is 0. The van der Waals surface area contributed by atoms with Gasteiger partial charge >= 0.3 is 0 Å². The van der Waals surface area contributed by atoms with Crippen LogP contribution in [0.5, 0.6) is 0 Å². The summed E-state index contributed by atoms with van der Waals surface area (Å²) in [6.07, 6.45) is 0. The number of hydrogen-bond acceptors (Lipinski definition) is 1. The molecule has 0 saturated heterocycles. The van der Waals surface area contributed by atoms with Crippen LogP contribution in [0.15, 0.2) is 162 Å². The molecular weight excluding hydrogens is 572 g/mol. The second kappa shape index (κ2) is 9.12. The second-order valence-corrected chi connectivity index (χ2v) is 12.5. The average molecular weight is 599 g/mol. The van der Waals surface area contributed by atoms with Crippen LogP contribution in [0.25, 0.3) is 98.5 Å². The van der Waals surface area contributed by atoms with Crippen molar-refractivity contribution < 1.29 is 4.42 Å². The molecule has 0 amide bonds. The fourth-order valence-electron chi connectivity index (χ4n) is 8.10. The van der Waals surface area contributed by atoms with Crippen LogP contribution in [0.4, 0.5) is 0 Å². The Morgan fingerprint density at radius 2 is 0.851 bits per heavy atom. The number of aromatic nitrogens is 2. The fraction of sp³-hybridized carbons (Fsp3) is 0. The van der Waals surface area contributed by atoms with Crippen LogP contribution >= 0.6 is 0 Å². The lowest BCUT2D eigenvalue weighted by Gasteiger charge is -2.14. The van der Waals surface area contributed by atoms with E-state index in [0.29, 0.717) is 0 Å². The molecule has 218 valence electrons. The van der Waals surface area contributed by atoms with Gasteiger partial charge in [0, 0.05) is 43.7 Å². The molecule has 3 heterocycles. The van der Waals surface area contributed by atoms with Crippen molar-refractivity contribution >= 4 is 87.1 Å². The van der Waals surface area contributed by atoms with Crippen LogP contribution in [-0.2, 0) is 0 Å². The minimum Gasteiger partial charge on any atom is -0.456 e. The first kappa shape index (κ1) is 24.9. The van der Waals surface area contributed by atoms with E-state index in [-0.39, 0.29) is 0 Å². The van der Waals surface area contributed by atoms with Crippen molar-refractivity contribution in [2.45, 2.75) is 0 Å². The van der Waals surface area contributed by atoms with Gasteiger partial charge in [-0.2, -0.15) is 0 Å². The largest absolute Gasteiger partial charge is 0.456 e. The Bertz CT molecular complexity index is 3070. The summed E-state index contributed by atoms with van der Waals surface area (Å²) in [7, 11) is 0. The highest BCUT2D eigenvalue weighted by Gasteiger charge is 2.24. The maximum atomic E-state index is 6.44. The third-order valence-electron chi connectivity index (χ3n) is 10.0. The van der Waals surface area contributed by atoms with E-state index in [0.717, 1.165) is 33.3 Å². The van der Waals surface area contributed by atoms with Gasteiger partial charge in [-0.3, -0.25) is 0 Å². The van der Waals surface area contributed by atoms with Gasteiger partial charge < -0.3 is 13.6 Å². The zero-order valence-electron chi connectivity index (χ0n) is 25.3. The highest BCUT2D eigenvalue weighted by molar-refractivity contribution is 6.36. The molecule has 0 radical (unpaired) electrons. The number of nitrogens with zero attached hydrogens (tertiary/aromatic N) is 2. The Balaban J connectivity index is 1.38. The molecule has 0 unspecified atom stereocenters. The molecule has 11 aromatic rings. The summed E-state index contributed by atoms with van der Waals surface area (Å²) in [4.78, 5) is 0. The molecule has 11 rings (SSSR count). The predicted octanol–water partition coefficient (Wildman–Crippen LogP) is 12.1. The Hall–Kier alpha value is -6.32. The zero-order valence-corrected chi connectivity index (χ0v) is 25.3. The van der Waals surface area contributed by atoms with Crippen LogP contribution in [0.3, 0.4) is 0 Å². The molecule has 0 bridgehead atoms. The van der Waals surface area contributed by atoms with Crippen molar-refractivity contribution in [3.63, 3.8) is 0 Å². The Kier molecular flexibility index (Phi) is 4.84. The molecule has 3 heteroatoms. The van der Waals surface area contributed by atoms with Crippen molar-refractivity contribution in [2.24, 2.45) is 0 Å². The zero-order chi connectivity index (χ0) is 30.6. The van der Waals surface area contributed by atoms with Crippen LogP contribution in [-0.4, -0.2) is 9.13 Å². The number of para-hydroxylation sites is 3. The second-order valence-electron chi connectivity index (χ2n) is 12.5. The maximum Gasteiger partial charge on any atom is 0.136 e. The smallest absolute Gasteiger partial charge is 0.136 e. The Morgan fingerprint density at radius 3 is 1.51 bits per heavy atom. The summed E-state index contributed by atoms with van der Waals surface area (Å²) in [6.45, 7) is 0. The third kappa shape index (κ3) is 3.30. The number of fused-ring (bicyclic) bond motifs is 14. The van der Waals surface area contributed by atoms with Crippen LogP contribution in [0.2, 0.25) is 0 Å². The molecule has 47 heavy (non-hydrogen) atoms. The first-order valence-corrected chi connectivity index (χ1v) is 16.1. The van der Waals surface area contributed by atoms with Crippen molar-refractivity contribution in [2.75, 3.05) is 0 Å². The van der Waals surface area contributed by atoms with Gasteiger partial charge in [0.05, 0.1) is 22.1 Å². The molecule has 0 aliphatic rings. The summed E-state index contributed by atoms with van der Waals surface area (Å²) in [6, 6.07) is 57.0. The maximum absolute atomic E-state index is 6.44. The van der Waals surface area contributed by atoms with Gasteiger partial charge in [0.2, 0.25) is 0 Å². The van der Waals surface area contributed by atoms with E-state index in [2.05, 4.69) is 167 Å². The normalized spacial score (nSPS) is 12.3. The molecule has 0 fully saturated rings. The number of hydrogen-bond donors (Lipinski definition) is 0. The van der Waals surface area contributed by atoms with Gasteiger partial charge in [0.1, 0.15) is 11.2 Å². The summed E-state index contributed by atoms with van der Waals surface area (Å²) in [5.41, 5.74) is 8.87. The molecule has 0 saturated carbocycles. The monoisotopic (exact) mass is 598 g/mol. The molecule has 3 nitrogen and oxygen atoms in total. The van der Waals surface area contributed by atoms with E-state index >= 15 is 0 Å². The lowest BCUT2D eigenvalue weighted by molar-refractivity contribution is 0.669. The molecular formula is C44H26N2O. The number of rotatable bonds is 2. The SMILES string of the molecule is c1ccc(-n2c3ccccc3c3c4ccccc4c4c5ccccc5n(-c5ccc6oc7cc8ccccc8cc7c6c5)c4c32)cc1. The average Bonchev–Trinajstić information content (AvgIpc) is 3.78. The van der Waals surface area contributed by atoms with Gasteiger partial charge in [0.15, 0.2) is 0 Å². The molecule has 3 aromatic heterocycles. The quantitative estimate of drug-likeness (QED) is 0.194. The molecule has 0 aliphatic heterocycles. The topological polar surface area (TPSA) is 23.0 Å². The van der Waals surface area contributed by atoms with E-state index < -0.39 is 0 Å². The first-order chi connectivity index (χ1) is 23.3. The summed E-state index contributed by atoms with van der Waals surface area (Å²) < 4.78 is 11.4. The predicted molar refractivity (Wildman–Crippen MR) is 197 cm³/mol. The fourth-order valence-corrected chi connectivity index (χ4v) is 8.10. The van der Waals surface area contributed by atoms with Gasteiger partial charge in [-0.15, -0.1) is 0 Å². The standard InChI is InChI=1S/C44H26N2O/c1-2-14-29(15-3-1)45-37-20-10-8-18-33(37)41-31-16-6-7-17-32(31)42-34-19-9-11-21-38(34)46(44(42)43(41)45)30-22-23-39-36(26-30)35-24-27-12-4-5-13-28(27)25-40(35)47-39/h1-26H. The van der Waals surface area contributed by atoms with Crippen molar-refractivity contribution in [3.8, 4) is 11.4 Å². The minimum absolute atomic E-state index is 0.897. The lowest BCUT2D eigenvalue weighted by atomic mass is 9.98. The highest BCUT2D eigenvalue weighted by atomic mass is 16.3. The highest BCUT2D eigenvalue weighted by Crippen LogP contribution is 2.47. The van der Waals surface area contributed by atoms with E-state index in [1.165, 1.54) is 65.2 Å². The van der Waals surface area contributed by atoms with Gasteiger partial charge in [-0.25, -0.2) is 0 Å². The third-order valence-corrected chi connectivity index (χ3v) is 10.0. The van der Waals surface area contributed by atoms with Crippen LogP contribution < -0.4 is 0 Å². The molecule has 0 N–H and O–H groups in total. The molecule has 0 spiro atoms. The van der Waals surface area contributed by atoms with Gasteiger partial charge in [0.25, 0.3) is 0 Å². The summed E-state index contributed by atoms with van der Waals surface area (Å²) in [5, 5.41) is 12.2. The van der Waals surface area contributed by atoms with E-state index in [9.17, 15) is 0 Å². The number of benzene rings is 8. The van der Waals surface area contributed by atoms with Crippen molar-refractivity contribution in [3.05, 3.63) is 158 Å². The van der Waals surface area contributed by atoms with Crippen molar-refractivity contribution in [1.82, 2.24) is 9.13 Å². The van der Waals surface area contributed by atoms with Gasteiger partial charge in [-0.1, -0.05) is 103 Å². The van der Waals surface area contributed by atoms with E-state index in [4.69, 9.17) is 4.42 Å². The van der Waals surface area contributed by atoms with Crippen LogP contribution in [0.1, 0.15) is 0 Å². The molecule has 8 aromatic carbocycles. The Morgan fingerprint density at radius 1 is 0.340 bits per heavy atom. The first-order valence-electron chi connectivity index (χ1n) is 16.1. The van der Waals surface area contributed by atoms with Crippen molar-refractivity contribution in [1.29, 1.82) is 0 Å². The van der Waals surface area contributed by atoms with Crippen LogP contribution in [0, 0.1) is 0 Å².